The van der Waals surface area contributed by atoms with Gasteiger partial charge >= 0.3 is 5.97 Å². The fourth-order valence-electron chi connectivity index (χ4n) is 0.827. The monoisotopic (exact) mass is 185 g/mol. The molecule has 0 amide bonds. The van der Waals surface area contributed by atoms with E-state index in [0.29, 0.717) is 0 Å². The van der Waals surface area contributed by atoms with Crippen molar-refractivity contribution in [1.82, 2.24) is 4.98 Å². The SMILES string of the molecule is CCOc1nc(F)ccc1C(=O)O. The van der Waals surface area contributed by atoms with Crippen LogP contribution in [0.5, 0.6) is 5.88 Å². The van der Waals surface area contributed by atoms with Gasteiger partial charge in [-0.15, -0.1) is 0 Å². The van der Waals surface area contributed by atoms with Crippen molar-refractivity contribution < 1.29 is 19.0 Å². The summed E-state index contributed by atoms with van der Waals surface area (Å²) in [5.41, 5.74) is -0.136. The Kier molecular flexibility index (Phi) is 2.79. The third-order valence-corrected chi connectivity index (χ3v) is 1.34. The van der Waals surface area contributed by atoms with Crippen LogP contribution in [0.25, 0.3) is 0 Å². The van der Waals surface area contributed by atoms with Crippen LogP contribution in [0.4, 0.5) is 4.39 Å². The van der Waals surface area contributed by atoms with Crippen LogP contribution in [0.3, 0.4) is 0 Å². The number of aromatic nitrogens is 1. The van der Waals surface area contributed by atoms with Gasteiger partial charge in [-0.3, -0.25) is 0 Å². The molecule has 0 aliphatic heterocycles. The zero-order valence-corrected chi connectivity index (χ0v) is 6.95. The minimum atomic E-state index is -1.18. The average Bonchev–Trinajstić information content (AvgIpc) is 2.04. The molecule has 1 heterocycles. The zero-order valence-electron chi connectivity index (χ0n) is 6.95. The van der Waals surface area contributed by atoms with Crippen LogP contribution < -0.4 is 4.74 Å². The molecule has 1 aromatic rings. The van der Waals surface area contributed by atoms with Gasteiger partial charge < -0.3 is 9.84 Å². The third kappa shape index (κ3) is 2.14. The Morgan fingerprint density at radius 3 is 2.92 bits per heavy atom. The summed E-state index contributed by atoms with van der Waals surface area (Å²) in [5.74, 6) is -2.13. The number of rotatable bonds is 3. The van der Waals surface area contributed by atoms with E-state index in [4.69, 9.17) is 9.84 Å². The first-order valence-corrected chi connectivity index (χ1v) is 3.67. The Labute approximate surface area is 74.0 Å². The third-order valence-electron chi connectivity index (χ3n) is 1.34. The van der Waals surface area contributed by atoms with Gasteiger partial charge in [0.05, 0.1) is 6.61 Å². The van der Waals surface area contributed by atoms with Gasteiger partial charge in [-0.1, -0.05) is 0 Å². The Bertz CT molecular complexity index is 327. The number of carbonyl (C=O) groups is 1. The first kappa shape index (κ1) is 9.44. The van der Waals surface area contributed by atoms with Gasteiger partial charge in [0.2, 0.25) is 11.8 Å². The molecule has 0 spiro atoms. The number of nitrogens with zero attached hydrogens (tertiary/aromatic N) is 1. The summed E-state index contributed by atoms with van der Waals surface area (Å²) in [6.45, 7) is 1.91. The molecule has 0 saturated carbocycles. The molecule has 13 heavy (non-hydrogen) atoms. The Morgan fingerprint density at radius 2 is 2.38 bits per heavy atom. The Morgan fingerprint density at radius 1 is 1.69 bits per heavy atom. The normalized spacial score (nSPS) is 9.69. The summed E-state index contributed by atoms with van der Waals surface area (Å²) in [7, 11) is 0. The van der Waals surface area contributed by atoms with Gasteiger partial charge in [-0.2, -0.15) is 9.37 Å². The maximum atomic E-state index is 12.5. The lowest BCUT2D eigenvalue weighted by atomic mass is 10.3. The van der Waals surface area contributed by atoms with Gasteiger partial charge in [0.15, 0.2) is 0 Å². The molecule has 0 atom stereocenters. The number of carboxylic acids is 1. The van der Waals surface area contributed by atoms with E-state index in [1.165, 1.54) is 0 Å². The molecule has 5 heteroatoms. The van der Waals surface area contributed by atoms with Crippen molar-refractivity contribution in [3.8, 4) is 5.88 Å². The lowest BCUT2D eigenvalue weighted by molar-refractivity contribution is 0.0691. The van der Waals surface area contributed by atoms with E-state index in [9.17, 15) is 9.18 Å². The first-order valence-electron chi connectivity index (χ1n) is 3.67. The molecule has 0 unspecified atom stereocenters. The fraction of sp³-hybridized carbons (Fsp3) is 0.250. The zero-order chi connectivity index (χ0) is 9.84. The summed E-state index contributed by atoms with van der Waals surface area (Å²) in [6.07, 6.45) is 0. The predicted molar refractivity (Wildman–Crippen MR) is 42.3 cm³/mol. The second-order valence-corrected chi connectivity index (χ2v) is 2.22. The van der Waals surface area contributed by atoms with Crippen LogP contribution >= 0.6 is 0 Å². The van der Waals surface area contributed by atoms with Crippen molar-refractivity contribution in [2.45, 2.75) is 6.92 Å². The highest BCUT2D eigenvalue weighted by atomic mass is 19.1. The largest absolute Gasteiger partial charge is 0.477 e. The minimum Gasteiger partial charge on any atom is -0.477 e. The summed E-state index contributed by atoms with van der Waals surface area (Å²) in [4.78, 5) is 13.9. The van der Waals surface area contributed by atoms with E-state index < -0.39 is 11.9 Å². The topological polar surface area (TPSA) is 59.4 Å². The molecular weight excluding hydrogens is 177 g/mol. The summed E-state index contributed by atoms with van der Waals surface area (Å²) < 4.78 is 17.4. The molecule has 0 aliphatic rings. The van der Waals surface area contributed by atoms with Crippen molar-refractivity contribution in [1.29, 1.82) is 0 Å². The van der Waals surface area contributed by atoms with E-state index in [2.05, 4.69) is 4.98 Å². The molecule has 0 saturated heterocycles. The highest BCUT2D eigenvalue weighted by molar-refractivity contribution is 5.90. The van der Waals surface area contributed by atoms with Gasteiger partial charge in [-0.05, 0) is 19.1 Å². The quantitative estimate of drug-likeness (QED) is 0.721. The second-order valence-electron chi connectivity index (χ2n) is 2.22. The number of hydrogen-bond acceptors (Lipinski definition) is 3. The number of pyridine rings is 1. The Hall–Kier alpha value is -1.65. The van der Waals surface area contributed by atoms with Gasteiger partial charge in [0.1, 0.15) is 5.56 Å². The molecule has 1 rings (SSSR count). The molecule has 1 aromatic heterocycles. The average molecular weight is 185 g/mol. The number of ether oxygens (including phenoxy) is 1. The van der Waals surface area contributed by atoms with Crippen molar-refractivity contribution >= 4 is 5.97 Å². The summed E-state index contributed by atoms with van der Waals surface area (Å²) in [6, 6.07) is 2.10. The highest BCUT2D eigenvalue weighted by Gasteiger charge is 2.12. The number of halogens is 1. The smallest absolute Gasteiger partial charge is 0.341 e. The maximum absolute atomic E-state index is 12.5. The van der Waals surface area contributed by atoms with Crippen LogP contribution in [0, 0.1) is 5.95 Å². The van der Waals surface area contributed by atoms with Crippen LogP contribution in [0.1, 0.15) is 17.3 Å². The molecule has 4 nitrogen and oxygen atoms in total. The summed E-state index contributed by atoms with van der Waals surface area (Å²) in [5, 5.41) is 8.64. The van der Waals surface area contributed by atoms with E-state index in [1.54, 1.807) is 6.92 Å². The molecular formula is C8H8FNO3. The van der Waals surface area contributed by atoms with E-state index in [0.717, 1.165) is 12.1 Å². The van der Waals surface area contributed by atoms with Gasteiger partial charge in [0.25, 0.3) is 0 Å². The van der Waals surface area contributed by atoms with Crippen molar-refractivity contribution in [2.75, 3.05) is 6.61 Å². The lowest BCUT2D eigenvalue weighted by Gasteiger charge is -2.04. The first-order chi connectivity index (χ1) is 6.15. The number of carboxylic acid groups (broad SMARTS) is 1. The van der Waals surface area contributed by atoms with Crippen molar-refractivity contribution in [3.05, 3.63) is 23.6 Å². The highest BCUT2D eigenvalue weighted by Crippen LogP contribution is 2.15. The number of hydrogen-bond donors (Lipinski definition) is 1. The van der Waals surface area contributed by atoms with Gasteiger partial charge in [-0.25, -0.2) is 4.79 Å². The molecule has 0 fully saturated rings. The second kappa shape index (κ2) is 3.84. The van der Waals surface area contributed by atoms with E-state index in [1.807, 2.05) is 0 Å². The molecule has 0 radical (unpaired) electrons. The molecule has 70 valence electrons. The van der Waals surface area contributed by atoms with E-state index >= 15 is 0 Å². The van der Waals surface area contributed by atoms with Crippen molar-refractivity contribution in [3.63, 3.8) is 0 Å². The minimum absolute atomic E-state index is 0.136. The molecule has 0 aliphatic carbocycles. The van der Waals surface area contributed by atoms with Crippen LogP contribution in [-0.4, -0.2) is 22.7 Å². The molecule has 0 bridgehead atoms. The van der Waals surface area contributed by atoms with E-state index in [-0.39, 0.29) is 18.1 Å². The lowest BCUT2D eigenvalue weighted by Crippen LogP contribution is -2.05. The molecule has 1 N–H and O–H groups in total. The Balaban J connectivity index is 3.10. The summed E-state index contributed by atoms with van der Waals surface area (Å²) >= 11 is 0. The predicted octanol–water partition coefficient (Wildman–Crippen LogP) is 1.32. The van der Waals surface area contributed by atoms with Crippen LogP contribution in [-0.2, 0) is 0 Å². The number of aromatic carboxylic acids is 1. The standard InChI is InChI=1S/C8H8FNO3/c1-2-13-7-5(8(11)12)3-4-6(9)10-7/h3-4H,2H2,1H3,(H,11,12). The maximum Gasteiger partial charge on any atom is 0.341 e. The van der Waals surface area contributed by atoms with Crippen LogP contribution in [0.2, 0.25) is 0 Å². The fourth-order valence-corrected chi connectivity index (χ4v) is 0.827. The van der Waals surface area contributed by atoms with Gasteiger partial charge in [0, 0.05) is 0 Å². The molecule has 0 aromatic carbocycles. The van der Waals surface area contributed by atoms with Crippen molar-refractivity contribution in [2.24, 2.45) is 0 Å². The van der Waals surface area contributed by atoms with Crippen LogP contribution in [0.15, 0.2) is 12.1 Å².